The Morgan fingerprint density at radius 2 is 2.18 bits per heavy atom. The van der Waals surface area contributed by atoms with Gasteiger partial charge in [0.2, 0.25) is 0 Å². The van der Waals surface area contributed by atoms with Crippen LogP contribution < -0.4 is 5.73 Å². The number of hydrogen-bond acceptors (Lipinski definition) is 4. The lowest BCUT2D eigenvalue weighted by Crippen LogP contribution is -2.57. The fourth-order valence-corrected chi connectivity index (χ4v) is 1.69. The summed E-state index contributed by atoms with van der Waals surface area (Å²) in [7, 11) is 0. The van der Waals surface area contributed by atoms with Gasteiger partial charge in [-0.3, -0.25) is 14.9 Å². The molecule has 0 spiro atoms. The average Bonchev–Trinajstić information content (AvgIpc) is 2.23. The van der Waals surface area contributed by atoms with Crippen molar-refractivity contribution in [2.75, 3.05) is 13.1 Å². The van der Waals surface area contributed by atoms with E-state index >= 15 is 0 Å². The zero-order chi connectivity index (χ0) is 12.6. The predicted molar refractivity (Wildman–Crippen MR) is 56.9 cm³/mol. The van der Waals surface area contributed by atoms with Crippen LogP contribution in [0.5, 0.6) is 0 Å². The number of benzene rings is 1. The second-order valence-corrected chi connectivity index (χ2v) is 3.89. The molecular weight excluding hydrogens is 229 g/mol. The summed E-state index contributed by atoms with van der Waals surface area (Å²) in [6.45, 7) is 0.680. The number of nitrogens with zero attached hydrogens (tertiary/aromatic N) is 2. The summed E-state index contributed by atoms with van der Waals surface area (Å²) >= 11 is 0. The molecule has 90 valence electrons. The molecule has 2 rings (SSSR count). The quantitative estimate of drug-likeness (QED) is 0.601. The summed E-state index contributed by atoms with van der Waals surface area (Å²) in [6.07, 6.45) is 0. The largest absolute Gasteiger partial charge is 0.335 e. The molecule has 2 N–H and O–H groups in total. The topological polar surface area (TPSA) is 89.5 Å². The molecule has 1 aromatic carbocycles. The van der Waals surface area contributed by atoms with E-state index in [4.69, 9.17) is 5.73 Å². The molecule has 17 heavy (non-hydrogen) atoms. The van der Waals surface area contributed by atoms with Gasteiger partial charge < -0.3 is 10.6 Å². The highest BCUT2D eigenvalue weighted by molar-refractivity contribution is 5.98. The van der Waals surface area contributed by atoms with Gasteiger partial charge in [-0.2, -0.15) is 0 Å². The van der Waals surface area contributed by atoms with E-state index in [1.54, 1.807) is 0 Å². The lowest BCUT2D eigenvalue weighted by Gasteiger charge is -2.36. The molecular formula is C10H10FN3O3. The molecule has 0 saturated carbocycles. The first-order valence-electron chi connectivity index (χ1n) is 4.98. The SMILES string of the molecule is NC1CN(C(=O)c2cc(F)ccc2[N+](=O)[O-])C1. The van der Waals surface area contributed by atoms with Gasteiger partial charge in [0.15, 0.2) is 0 Å². The Morgan fingerprint density at radius 3 is 2.71 bits per heavy atom. The number of amides is 1. The number of carbonyl (C=O) groups excluding carboxylic acids is 1. The van der Waals surface area contributed by atoms with Gasteiger partial charge in [0, 0.05) is 25.2 Å². The first kappa shape index (κ1) is 11.5. The minimum atomic E-state index is -0.702. The van der Waals surface area contributed by atoms with E-state index in [-0.39, 0.29) is 11.6 Å². The molecule has 1 saturated heterocycles. The van der Waals surface area contributed by atoms with Crippen LogP contribution in [-0.4, -0.2) is 34.9 Å². The summed E-state index contributed by atoms with van der Waals surface area (Å²) in [4.78, 5) is 23.2. The predicted octanol–water partition coefficient (Wildman–Crippen LogP) is 0.517. The van der Waals surface area contributed by atoms with Crippen molar-refractivity contribution in [3.8, 4) is 0 Å². The zero-order valence-corrected chi connectivity index (χ0v) is 8.80. The third kappa shape index (κ3) is 2.09. The number of nitro groups is 1. The minimum Gasteiger partial charge on any atom is -0.335 e. The molecule has 1 aliphatic rings. The zero-order valence-electron chi connectivity index (χ0n) is 8.80. The van der Waals surface area contributed by atoms with E-state index in [9.17, 15) is 19.3 Å². The minimum absolute atomic E-state index is 0.105. The second kappa shape index (κ2) is 4.10. The van der Waals surface area contributed by atoms with E-state index < -0.39 is 22.3 Å². The Hall–Kier alpha value is -2.02. The van der Waals surface area contributed by atoms with Crippen LogP contribution in [-0.2, 0) is 0 Å². The fourth-order valence-electron chi connectivity index (χ4n) is 1.69. The van der Waals surface area contributed by atoms with Crippen LogP contribution in [0, 0.1) is 15.9 Å². The first-order valence-corrected chi connectivity index (χ1v) is 4.98. The summed E-state index contributed by atoms with van der Waals surface area (Å²) < 4.78 is 13.0. The molecule has 0 atom stereocenters. The molecule has 1 amide bonds. The van der Waals surface area contributed by atoms with Gasteiger partial charge in [0.1, 0.15) is 11.4 Å². The third-order valence-corrected chi connectivity index (χ3v) is 2.58. The number of halogens is 1. The van der Waals surface area contributed by atoms with Crippen LogP contribution in [0.4, 0.5) is 10.1 Å². The van der Waals surface area contributed by atoms with Gasteiger partial charge in [-0.1, -0.05) is 0 Å². The van der Waals surface area contributed by atoms with E-state index in [1.807, 2.05) is 0 Å². The molecule has 0 unspecified atom stereocenters. The lowest BCUT2D eigenvalue weighted by atomic mass is 10.1. The highest BCUT2D eigenvalue weighted by Gasteiger charge is 2.32. The Bertz CT molecular complexity index is 486. The number of carbonyl (C=O) groups is 1. The Morgan fingerprint density at radius 1 is 1.53 bits per heavy atom. The van der Waals surface area contributed by atoms with Crippen LogP contribution in [0.25, 0.3) is 0 Å². The van der Waals surface area contributed by atoms with Crippen molar-refractivity contribution >= 4 is 11.6 Å². The van der Waals surface area contributed by atoms with Gasteiger partial charge in [0.25, 0.3) is 11.6 Å². The van der Waals surface area contributed by atoms with Crippen LogP contribution >= 0.6 is 0 Å². The summed E-state index contributed by atoms with van der Waals surface area (Å²) in [5, 5.41) is 10.7. The average molecular weight is 239 g/mol. The van der Waals surface area contributed by atoms with Gasteiger partial charge >= 0.3 is 0 Å². The summed E-state index contributed by atoms with van der Waals surface area (Å²) in [5.74, 6) is -1.23. The van der Waals surface area contributed by atoms with Crippen molar-refractivity contribution in [1.82, 2.24) is 4.90 Å². The van der Waals surface area contributed by atoms with Crippen molar-refractivity contribution in [1.29, 1.82) is 0 Å². The van der Waals surface area contributed by atoms with Gasteiger partial charge in [-0.15, -0.1) is 0 Å². The van der Waals surface area contributed by atoms with Crippen LogP contribution in [0.1, 0.15) is 10.4 Å². The standard InChI is InChI=1S/C10H10FN3O3/c11-6-1-2-9(14(16)17)8(3-6)10(15)13-4-7(12)5-13/h1-3,7H,4-5,12H2. The maximum absolute atomic E-state index is 13.0. The Kier molecular flexibility index (Phi) is 2.76. The second-order valence-electron chi connectivity index (χ2n) is 3.89. The Labute approximate surface area is 96.0 Å². The molecule has 1 fully saturated rings. The molecule has 0 bridgehead atoms. The van der Waals surface area contributed by atoms with Crippen molar-refractivity contribution in [2.24, 2.45) is 5.73 Å². The smallest absolute Gasteiger partial charge is 0.282 e. The molecule has 0 aliphatic carbocycles. The molecule has 1 heterocycles. The van der Waals surface area contributed by atoms with E-state index in [0.29, 0.717) is 13.1 Å². The number of nitro benzene ring substituents is 1. The first-order chi connectivity index (χ1) is 7.99. The van der Waals surface area contributed by atoms with E-state index in [1.165, 1.54) is 4.90 Å². The molecule has 1 aliphatic heterocycles. The van der Waals surface area contributed by atoms with E-state index in [2.05, 4.69) is 0 Å². The van der Waals surface area contributed by atoms with Crippen molar-refractivity contribution in [3.05, 3.63) is 39.7 Å². The number of rotatable bonds is 2. The monoisotopic (exact) mass is 239 g/mol. The molecule has 0 aromatic heterocycles. The van der Waals surface area contributed by atoms with Crippen LogP contribution in [0.2, 0.25) is 0 Å². The molecule has 0 radical (unpaired) electrons. The molecule has 7 heteroatoms. The lowest BCUT2D eigenvalue weighted by molar-refractivity contribution is -0.385. The maximum Gasteiger partial charge on any atom is 0.282 e. The fraction of sp³-hybridized carbons (Fsp3) is 0.300. The van der Waals surface area contributed by atoms with Gasteiger partial charge in [-0.25, -0.2) is 4.39 Å². The van der Waals surface area contributed by atoms with Crippen molar-refractivity contribution < 1.29 is 14.1 Å². The Balaban J connectivity index is 2.33. The third-order valence-electron chi connectivity index (χ3n) is 2.58. The number of hydrogen-bond donors (Lipinski definition) is 1. The van der Waals surface area contributed by atoms with E-state index in [0.717, 1.165) is 18.2 Å². The van der Waals surface area contributed by atoms with Crippen LogP contribution in [0.15, 0.2) is 18.2 Å². The maximum atomic E-state index is 13.0. The summed E-state index contributed by atoms with van der Waals surface area (Å²) in [6, 6.07) is 2.72. The highest BCUT2D eigenvalue weighted by atomic mass is 19.1. The number of likely N-dealkylation sites (tertiary alicyclic amines) is 1. The van der Waals surface area contributed by atoms with Gasteiger partial charge in [-0.05, 0) is 12.1 Å². The molecule has 1 aromatic rings. The van der Waals surface area contributed by atoms with Gasteiger partial charge in [0.05, 0.1) is 4.92 Å². The number of nitrogens with two attached hydrogens (primary N) is 1. The van der Waals surface area contributed by atoms with Crippen LogP contribution in [0.3, 0.4) is 0 Å². The highest BCUT2D eigenvalue weighted by Crippen LogP contribution is 2.23. The summed E-state index contributed by atoms with van der Waals surface area (Å²) in [5.41, 5.74) is 4.88. The molecule has 6 nitrogen and oxygen atoms in total. The normalized spacial score (nSPS) is 15.5. The van der Waals surface area contributed by atoms with Crippen molar-refractivity contribution in [3.63, 3.8) is 0 Å². The van der Waals surface area contributed by atoms with Crippen molar-refractivity contribution in [2.45, 2.75) is 6.04 Å².